The van der Waals surface area contributed by atoms with E-state index in [0.717, 1.165) is 5.69 Å². The van der Waals surface area contributed by atoms with Gasteiger partial charge in [0.1, 0.15) is 0 Å². The number of hydrogen-bond acceptors (Lipinski definition) is 4. The summed E-state index contributed by atoms with van der Waals surface area (Å²) >= 11 is 0. The van der Waals surface area contributed by atoms with Crippen molar-refractivity contribution < 1.29 is 18.7 Å². The van der Waals surface area contributed by atoms with Gasteiger partial charge in [-0.05, 0) is 43.3 Å². The second kappa shape index (κ2) is 7.99. The topological polar surface area (TPSA) is 49.9 Å². The zero-order chi connectivity index (χ0) is 18.5. The number of rotatable bonds is 5. The smallest absolute Gasteiger partial charge is 0.260 e. The molecule has 2 aromatic rings. The lowest BCUT2D eigenvalue weighted by molar-refractivity contribution is -0.133. The number of hydrogen-bond donors (Lipinski definition) is 0. The molecular formula is C20H21FN2O3. The minimum atomic E-state index is -0.473. The standard InChI is InChI=1S/C20H21FN2O3/c1-15(24)16-6-8-17(9-7-16)22-10-12-23(13-11-22)20(25)14-26-19-5-3-2-4-18(19)21/h2-9H,10-14H2,1H3. The van der Waals surface area contributed by atoms with E-state index in [4.69, 9.17) is 4.74 Å². The molecule has 26 heavy (non-hydrogen) atoms. The number of piperazine rings is 1. The summed E-state index contributed by atoms with van der Waals surface area (Å²) in [5.74, 6) is -0.495. The Balaban J connectivity index is 1.50. The first kappa shape index (κ1) is 17.9. The van der Waals surface area contributed by atoms with Crippen LogP contribution in [0, 0.1) is 5.82 Å². The molecule has 0 N–H and O–H groups in total. The van der Waals surface area contributed by atoms with Crippen molar-refractivity contribution in [3.63, 3.8) is 0 Å². The van der Waals surface area contributed by atoms with Crippen molar-refractivity contribution in [2.75, 3.05) is 37.7 Å². The van der Waals surface area contributed by atoms with Crippen molar-refractivity contribution in [2.45, 2.75) is 6.92 Å². The average Bonchev–Trinajstić information content (AvgIpc) is 2.67. The van der Waals surface area contributed by atoms with E-state index in [-0.39, 0.29) is 24.0 Å². The monoisotopic (exact) mass is 356 g/mol. The van der Waals surface area contributed by atoms with Crippen molar-refractivity contribution in [3.05, 3.63) is 59.9 Å². The Morgan fingerprint density at radius 3 is 2.27 bits per heavy atom. The number of halogens is 1. The fourth-order valence-electron chi connectivity index (χ4n) is 2.91. The number of para-hydroxylation sites is 1. The second-order valence-corrected chi connectivity index (χ2v) is 6.19. The van der Waals surface area contributed by atoms with Crippen molar-refractivity contribution in [3.8, 4) is 5.75 Å². The van der Waals surface area contributed by atoms with E-state index >= 15 is 0 Å². The third-order valence-corrected chi connectivity index (χ3v) is 4.46. The molecule has 1 heterocycles. The van der Waals surface area contributed by atoms with Crippen LogP contribution in [0.2, 0.25) is 0 Å². The third-order valence-electron chi connectivity index (χ3n) is 4.46. The molecule has 0 aromatic heterocycles. The van der Waals surface area contributed by atoms with Crippen molar-refractivity contribution in [1.29, 1.82) is 0 Å². The molecule has 0 radical (unpaired) electrons. The highest BCUT2D eigenvalue weighted by Gasteiger charge is 2.22. The van der Waals surface area contributed by atoms with Crippen LogP contribution in [0.25, 0.3) is 0 Å². The zero-order valence-electron chi connectivity index (χ0n) is 14.7. The molecule has 0 atom stereocenters. The lowest BCUT2D eigenvalue weighted by Crippen LogP contribution is -2.50. The molecule has 1 amide bonds. The van der Waals surface area contributed by atoms with Crippen LogP contribution in [0.4, 0.5) is 10.1 Å². The maximum atomic E-state index is 13.5. The van der Waals surface area contributed by atoms with Gasteiger partial charge in [-0.1, -0.05) is 12.1 Å². The Labute approximate surface area is 152 Å². The SMILES string of the molecule is CC(=O)c1ccc(N2CCN(C(=O)COc3ccccc3F)CC2)cc1. The molecule has 1 saturated heterocycles. The van der Waals surface area contributed by atoms with Gasteiger partial charge in [0, 0.05) is 37.4 Å². The molecular weight excluding hydrogens is 335 g/mol. The highest BCUT2D eigenvalue weighted by molar-refractivity contribution is 5.94. The molecule has 3 rings (SSSR count). The lowest BCUT2D eigenvalue weighted by atomic mass is 10.1. The lowest BCUT2D eigenvalue weighted by Gasteiger charge is -2.36. The van der Waals surface area contributed by atoms with Gasteiger partial charge >= 0.3 is 0 Å². The maximum absolute atomic E-state index is 13.5. The predicted molar refractivity (Wildman–Crippen MR) is 97.1 cm³/mol. The first-order valence-electron chi connectivity index (χ1n) is 8.55. The summed E-state index contributed by atoms with van der Waals surface area (Å²) in [4.78, 5) is 27.5. The highest BCUT2D eigenvalue weighted by Crippen LogP contribution is 2.18. The van der Waals surface area contributed by atoms with Gasteiger partial charge in [0.05, 0.1) is 0 Å². The fourth-order valence-corrected chi connectivity index (χ4v) is 2.91. The largest absolute Gasteiger partial charge is 0.481 e. The number of benzene rings is 2. The van der Waals surface area contributed by atoms with Gasteiger partial charge in [0.15, 0.2) is 24.0 Å². The molecule has 0 unspecified atom stereocenters. The molecule has 0 saturated carbocycles. The summed E-state index contributed by atoms with van der Waals surface area (Å²) in [6.45, 7) is 3.93. The highest BCUT2D eigenvalue weighted by atomic mass is 19.1. The Kier molecular flexibility index (Phi) is 5.51. The van der Waals surface area contributed by atoms with E-state index < -0.39 is 5.82 Å². The normalized spacial score (nSPS) is 14.2. The summed E-state index contributed by atoms with van der Waals surface area (Å²) in [5, 5.41) is 0. The van der Waals surface area contributed by atoms with Crippen LogP contribution in [0.5, 0.6) is 5.75 Å². The number of amides is 1. The number of carbonyl (C=O) groups is 2. The van der Waals surface area contributed by atoms with Crippen LogP contribution >= 0.6 is 0 Å². The van der Waals surface area contributed by atoms with Gasteiger partial charge in [-0.3, -0.25) is 9.59 Å². The van der Waals surface area contributed by atoms with E-state index in [2.05, 4.69) is 4.90 Å². The number of anilines is 1. The summed E-state index contributed by atoms with van der Waals surface area (Å²) in [6.07, 6.45) is 0. The summed E-state index contributed by atoms with van der Waals surface area (Å²) in [7, 11) is 0. The van der Waals surface area contributed by atoms with Gasteiger partial charge in [-0.2, -0.15) is 0 Å². The van der Waals surface area contributed by atoms with Crippen molar-refractivity contribution in [1.82, 2.24) is 4.90 Å². The van der Waals surface area contributed by atoms with E-state index in [1.807, 2.05) is 24.3 Å². The Morgan fingerprint density at radius 1 is 1.00 bits per heavy atom. The van der Waals surface area contributed by atoms with Crippen LogP contribution in [0.1, 0.15) is 17.3 Å². The molecule has 0 spiro atoms. The molecule has 136 valence electrons. The Bertz CT molecular complexity index is 784. The quantitative estimate of drug-likeness (QED) is 0.773. The van der Waals surface area contributed by atoms with Gasteiger partial charge in [-0.15, -0.1) is 0 Å². The molecule has 0 bridgehead atoms. The van der Waals surface area contributed by atoms with Crippen LogP contribution in [-0.2, 0) is 4.79 Å². The van der Waals surface area contributed by atoms with Gasteiger partial charge in [0.2, 0.25) is 0 Å². The van der Waals surface area contributed by atoms with Crippen LogP contribution in [-0.4, -0.2) is 49.4 Å². The first-order chi connectivity index (χ1) is 12.5. The minimum absolute atomic E-state index is 0.0434. The van der Waals surface area contributed by atoms with E-state index in [9.17, 15) is 14.0 Å². The van der Waals surface area contributed by atoms with E-state index in [1.54, 1.807) is 24.0 Å². The van der Waals surface area contributed by atoms with Crippen molar-refractivity contribution in [2.24, 2.45) is 0 Å². The van der Waals surface area contributed by atoms with Gasteiger partial charge in [-0.25, -0.2) is 4.39 Å². The molecule has 1 aliphatic heterocycles. The molecule has 2 aromatic carbocycles. The fraction of sp³-hybridized carbons (Fsp3) is 0.300. The average molecular weight is 356 g/mol. The summed E-state index contributed by atoms with van der Waals surface area (Å²) in [6, 6.07) is 13.5. The third kappa shape index (κ3) is 4.20. The van der Waals surface area contributed by atoms with Gasteiger partial charge < -0.3 is 14.5 Å². The van der Waals surface area contributed by atoms with Crippen LogP contribution < -0.4 is 9.64 Å². The summed E-state index contributed by atoms with van der Waals surface area (Å²) in [5.41, 5.74) is 1.72. The molecule has 5 nitrogen and oxygen atoms in total. The van der Waals surface area contributed by atoms with Crippen LogP contribution in [0.15, 0.2) is 48.5 Å². The molecule has 1 fully saturated rings. The van der Waals surface area contributed by atoms with Gasteiger partial charge in [0.25, 0.3) is 5.91 Å². The predicted octanol–water partition coefficient (Wildman–Crippen LogP) is 2.76. The molecule has 6 heteroatoms. The molecule has 1 aliphatic rings. The summed E-state index contributed by atoms with van der Waals surface area (Å²) < 4.78 is 18.8. The first-order valence-corrected chi connectivity index (χ1v) is 8.55. The van der Waals surface area contributed by atoms with E-state index in [1.165, 1.54) is 12.1 Å². The number of Topliss-reactive ketones (excluding diaryl/α,β-unsaturated/α-hetero) is 1. The minimum Gasteiger partial charge on any atom is -0.481 e. The Morgan fingerprint density at radius 2 is 1.65 bits per heavy atom. The number of nitrogens with zero attached hydrogens (tertiary/aromatic N) is 2. The number of ketones is 1. The van der Waals surface area contributed by atoms with E-state index in [0.29, 0.717) is 31.7 Å². The van der Waals surface area contributed by atoms with Crippen LogP contribution in [0.3, 0.4) is 0 Å². The molecule has 0 aliphatic carbocycles. The number of ether oxygens (including phenoxy) is 1. The zero-order valence-corrected chi connectivity index (χ0v) is 14.7. The second-order valence-electron chi connectivity index (χ2n) is 6.19. The Hall–Kier alpha value is -2.89. The van der Waals surface area contributed by atoms with Crippen molar-refractivity contribution >= 4 is 17.4 Å². The number of carbonyl (C=O) groups excluding carboxylic acids is 2. The maximum Gasteiger partial charge on any atom is 0.260 e.